The lowest BCUT2D eigenvalue weighted by atomic mass is 9.98. The molecule has 0 aromatic carbocycles. The molecule has 1 aliphatic rings. The number of carbonyl (C=O) groups is 2. The predicted molar refractivity (Wildman–Crippen MR) is 75.7 cm³/mol. The van der Waals surface area contributed by atoms with Crippen molar-refractivity contribution in [3.63, 3.8) is 0 Å². The van der Waals surface area contributed by atoms with Crippen molar-refractivity contribution in [2.75, 3.05) is 26.2 Å². The van der Waals surface area contributed by atoms with Gasteiger partial charge in [-0.2, -0.15) is 0 Å². The van der Waals surface area contributed by atoms with Crippen molar-refractivity contribution >= 4 is 12.0 Å². The summed E-state index contributed by atoms with van der Waals surface area (Å²) in [6.45, 7) is 3.01. The van der Waals surface area contributed by atoms with E-state index in [2.05, 4.69) is 5.32 Å². The number of hydrogen-bond donors (Lipinski definition) is 2. The van der Waals surface area contributed by atoms with Crippen molar-refractivity contribution in [1.29, 1.82) is 0 Å². The summed E-state index contributed by atoms with van der Waals surface area (Å²) in [5.41, 5.74) is 0. The molecule has 2 N–H and O–H groups in total. The fraction of sp³-hybridized carbons (Fsp3) is 0.857. The number of rotatable bonds is 8. The molecule has 0 heterocycles. The number of carboxylic acid groups (broad SMARTS) is 1. The Morgan fingerprint density at radius 3 is 2.60 bits per heavy atom. The molecule has 6 heteroatoms. The van der Waals surface area contributed by atoms with Gasteiger partial charge in [-0.05, 0) is 19.3 Å². The van der Waals surface area contributed by atoms with Crippen LogP contribution in [0, 0.1) is 0 Å². The maximum Gasteiger partial charge on any atom is 0.323 e. The first-order chi connectivity index (χ1) is 9.63. The summed E-state index contributed by atoms with van der Waals surface area (Å²) in [6.07, 6.45) is 7.01. The fourth-order valence-electron chi connectivity index (χ4n) is 2.41. The van der Waals surface area contributed by atoms with E-state index in [1.54, 1.807) is 0 Å². The summed E-state index contributed by atoms with van der Waals surface area (Å²) in [5, 5.41) is 11.5. The van der Waals surface area contributed by atoms with Crippen LogP contribution in [-0.4, -0.2) is 54.4 Å². The topological polar surface area (TPSA) is 78.9 Å². The molecule has 1 aliphatic carbocycles. The van der Waals surface area contributed by atoms with Crippen LogP contribution in [0.3, 0.4) is 0 Å². The van der Waals surface area contributed by atoms with E-state index in [9.17, 15) is 9.59 Å². The van der Waals surface area contributed by atoms with Crippen LogP contribution in [-0.2, 0) is 9.53 Å². The number of nitrogens with one attached hydrogen (secondary N) is 1. The maximum atomic E-state index is 11.8. The van der Waals surface area contributed by atoms with Crippen molar-refractivity contribution in [3.8, 4) is 0 Å². The second kappa shape index (κ2) is 9.58. The monoisotopic (exact) mass is 286 g/mol. The number of carboxylic acids is 1. The van der Waals surface area contributed by atoms with Crippen molar-refractivity contribution < 1.29 is 19.4 Å². The quantitative estimate of drug-likeness (QED) is 0.667. The smallest absolute Gasteiger partial charge is 0.323 e. The molecule has 2 amide bonds. The van der Waals surface area contributed by atoms with Crippen molar-refractivity contribution in [3.05, 3.63) is 0 Å². The van der Waals surface area contributed by atoms with E-state index in [1.807, 2.05) is 6.92 Å². The first kappa shape index (κ1) is 16.8. The van der Waals surface area contributed by atoms with E-state index < -0.39 is 5.97 Å². The molecule has 1 rings (SSSR count). The lowest BCUT2D eigenvalue weighted by Crippen LogP contribution is -2.44. The van der Waals surface area contributed by atoms with Gasteiger partial charge in [-0.1, -0.05) is 26.2 Å². The molecule has 0 aromatic heterocycles. The Balaban J connectivity index is 2.17. The van der Waals surface area contributed by atoms with Gasteiger partial charge in [0, 0.05) is 13.1 Å². The van der Waals surface area contributed by atoms with Gasteiger partial charge in [0.2, 0.25) is 0 Å². The number of aliphatic carboxylic acids is 1. The number of ether oxygens (including phenoxy) is 1. The van der Waals surface area contributed by atoms with Gasteiger partial charge in [-0.3, -0.25) is 4.79 Å². The molecule has 0 saturated heterocycles. The number of urea groups is 1. The minimum atomic E-state index is -0.993. The SMILES string of the molecule is CCCN(CC(=O)O)C(=O)NCCOC1CCCCC1. The lowest BCUT2D eigenvalue weighted by molar-refractivity contribution is -0.137. The van der Waals surface area contributed by atoms with Gasteiger partial charge in [-0.15, -0.1) is 0 Å². The molecule has 0 radical (unpaired) electrons. The summed E-state index contributed by atoms with van der Waals surface area (Å²) in [6, 6.07) is -0.332. The molecule has 6 nitrogen and oxygen atoms in total. The highest BCUT2D eigenvalue weighted by Crippen LogP contribution is 2.19. The Labute approximate surface area is 120 Å². The minimum Gasteiger partial charge on any atom is -0.480 e. The maximum absolute atomic E-state index is 11.8. The molecule has 0 atom stereocenters. The summed E-state index contributed by atoms with van der Waals surface area (Å²) >= 11 is 0. The van der Waals surface area contributed by atoms with Crippen LogP contribution < -0.4 is 5.32 Å². The average Bonchev–Trinajstić information content (AvgIpc) is 2.43. The number of amides is 2. The van der Waals surface area contributed by atoms with E-state index in [0.717, 1.165) is 19.3 Å². The fourth-order valence-corrected chi connectivity index (χ4v) is 2.41. The van der Waals surface area contributed by atoms with Crippen LogP contribution in [0.1, 0.15) is 45.4 Å². The third kappa shape index (κ3) is 6.75. The second-order valence-electron chi connectivity index (χ2n) is 5.18. The van der Waals surface area contributed by atoms with Crippen LogP contribution in [0.15, 0.2) is 0 Å². The van der Waals surface area contributed by atoms with Crippen LogP contribution >= 0.6 is 0 Å². The summed E-state index contributed by atoms with van der Waals surface area (Å²) < 4.78 is 5.70. The summed E-state index contributed by atoms with van der Waals surface area (Å²) in [4.78, 5) is 23.8. The molecule has 1 saturated carbocycles. The van der Waals surface area contributed by atoms with Crippen molar-refractivity contribution in [1.82, 2.24) is 10.2 Å². The predicted octanol–water partition coefficient (Wildman–Crippen LogP) is 1.84. The molecule has 0 spiro atoms. The molecule has 20 heavy (non-hydrogen) atoms. The first-order valence-corrected chi connectivity index (χ1v) is 7.49. The molecule has 0 bridgehead atoms. The van der Waals surface area contributed by atoms with Crippen LogP contribution in [0.25, 0.3) is 0 Å². The standard InChI is InChI=1S/C14H26N2O4/c1-2-9-16(11-13(17)18)14(19)15-8-10-20-12-6-4-3-5-7-12/h12H,2-11H2,1H3,(H,15,19)(H,17,18). The molecule has 0 aromatic rings. The van der Waals surface area contributed by atoms with Crippen LogP contribution in [0.2, 0.25) is 0 Å². The molecule has 116 valence electrons. The van der Waals surface area contributed by atoms with Crippen LogP contribution in [0.4, 0.5) is 4.79 Å². The molecule has 0 unspecified atom stereocenters. The highest BCUT2D eigenvalue weighted by atomic mass is 16.5. The van der Waals surface area contributed by atoms with Gasteiger partial charge in [0.15, 0.2) is 0 Å². The highest BCUT2D eigenvalue weighted by molar-refractivity contribution is 5.80. The second-order valence-corrected chi connectivity index (χ2v) is 5.18. The third-order valence-corrected chi connectivity index (χ3v) is 3.39. The average molecular weight is 286 g/mol. The Kier molecular flexibility index (Phi) is 8.02. The first-order valence-electron chi connectivity index (χ1n) is 7.49. The Morgan fingerprint density at radius 2 is 2.00 bits per heavy atom. The number of hydrogen-bond acceptors (Lipinski definition) is 3. The van der Waals surface area contributed by atoms with E-state index >= 15 is 0 Å². The Morgan fingerprint density at radius 1 is 1.30 bits per heavy atom. The van der Waals surface area contributed by atoms with Gasteiger partial charge in [0.1, 0.15) is 6.54 Å². The highest BCUT2D eigenvalue weighted by Gasteiger charge is 2.16. The zero-order valence-electron chi connectivity index (χ0n) is 12.3. The molecular weight excluding hydrogens is 260 g/mol. The van der Waals surface area contributed by atoms with E-state index in [4.69, 9.17) is 9.84 Å². The van der Waals surface area contributed by atoms with E-state index in [-0.39, 0.29) is 12.6 Å². The number of carbonyl (C=O) groups excluding carboxylic acids is 1. The van der Waals surface area contributed by atoms with Crippen molar-refractivity contribution in [2.45, 2.75) is 51.6 Å². The zero-order chi connectivity index (χ0) is 14.8. The molecular formula is C14H26N2O4. The minimum absolute atomic E-state index is 0.261. The third-order valence-electron chi connectivity index (χ3n) is 3.39. The van der Waals surface area contributed by atoms with Gasteiger partial charge < -0.3 is 20.1 Å². The Bertz CT molecular complexity index is 304. The van der Waals surface area contributed by atoms with Gasteiger partial charge >= 0.3 is 12.0 Å². The van der Waals surface area contributed by atoms with Gasteiger partial charge in [-0.25, -0.2) is 4.79 Å². The van der Waals surface area contributed by atoms with Gasteiger partial charge in [0.05, 0.1) is 12.7 Å². The largest absolute Gasteiger partial charge is 0.480 e. The molecule has 0 aliphatic heterocycles. The number of nitrogens with zero attached hydrogens (tertiary/aromatic N) is 1. The lowest BCUT2D eigenvalue weighted by Gasteiger charge is -2.23. The van der Waals surface area contributed by atoms with Crippen molar-refractivity contribution in [2.24, 2.45) is 0 Å². The molecule has 1 fully saturated rings. The van der Waals surface area contributed by atoms with Gasteiger partial charge in [0.25, 0.3) is 0 Å². The summed E-state index contributed by atoms with van der Waals surface area (Å²) in [5.74, 6) is -0.993. The zero-order valence-corrected chi connectivity index (χ0v) is 12.3. The van der Waals surface area contributed by atoms with Crippen LogP contribution in [0.5, 0.6) is 0 Å². The normalized spacial score (nSPS) is 15.8. The van der Waals surface area contributed by atoms with E-state index in [0.29, 0.717) is 25.8 Å². The van der Waals surface area contributed by atoms with E-state index in [1.165, 1.54) is 24.2 Å². The Hall–Kier alpha value is -1.30. The summed E-state index contributed by atoms with van der Waals surface area (Å²) in [7, 11) is 0.